The molecule has 1 unspecified atom stereocenters. The summed E-state index contributed by atoms with van der Waals surface area (Å²) in [5.74, 6) is -0.641. The zero-order valence-electron chi connectivity index (χ0n) is 10.6. The van der Waals surface area contributed by atoms with Crippen LogP contribution in [0.3, 0.4) is 0 Å². The van der Waals surface area contributed by atoms with Crippen LogP contribution >= 0.6 is 0 Å². The second-order valence-electron chi connectivity index (χ2n) is 5.65. The molecule has 0 amide bonds. The molecule has 0 aliphatic heterocycles. The minimum atomic E-state index is -4.11. The van der Waals surface area contributed by atoms with E-state index in [-0.39, 0.29) is 5.04 Å². The maximum atomic E-state index is 10.5. The lowest BCUT2D eigenvalue weighted by atomic mass is 10.2. The van der Waals surface area contributed by atoms with Gasteiger partial charge in [0.15, 0.2) is 0 Å². The summed E-state index contributed by atoms with van der Waals surface area (Å²) < 4.78 is 29.6. The summed E-state index contributed by atoms with van der Waals surface area (Å²) in [4.78, 5) is 0. The molecular weight excluding hydrogens is 244 g/mol. The molecule has 0 radical (unpaired) electrons. The van der Waals surface area contributed by atoms with Crippen molar-refractivity contribution in [3.05, 3.63) is 11.8 Å². The van der Waals surface area contributed by atoms with Crippen LogP contribution in [0.1, 0.15) is 20.8 Å². The zero-order chi connectivity index (χ0) is 13.2. The fourth-order valence-electron chi connectivity index (χ4n) is 0.873. The first kappa shape index (κ1) is 15.8. The molecule has 0 bridgehead atoms. The summed E-state index contributed by atoms with van der Waals surface area (Å²) in [6.07, 6.45) is 0.342. The third-order valence-corrected chi connectivity index (χ3v) is 8.70. The van der Waals surface area contributed by atoms with E-state index in [1.54, 1.807) is 0 Å². The topological polar surface area (TPSA) is 74.6 Å². The van der Waals surface area contributed by atoms with Gasteiger partial charge in [0.1, 0.15) is 5.75 Å². The molecule has 0 saturated carbocycles. The number of hydrogen-bond donors (Lipinski definition) is 2. The number of aliphatic hydroxyl groups excluding tert-OH is 1. The molecule has 0 aromatic rings. The first-order valence-corrected chi connectivity index (χ1v) is 9.86. The quantitative estimate of drug-likeness (QED) is 0.601. The monoisotopic (exact) mass is 266 g/mol. The van der Waals surface area contributed by atoms with Crippen LogP contribution in [0.5, 0.6) is 0 Å². The highest BCUT2D eigenvalue weighted by molar-refractivity contribution is 7.85. The van der Waals surface area contributed by atoms with E-state index in [1.807, 2.05) is 5.70 Å². The molecule has 0 aliphatic rings. The van der Waals surface area contributed by atoms with Crippen molar-refractivity contribution in [2.24, 2.45) is 0 Å². The standard InChI is InChI=1S/C10H22O4SSi/c1-10(2,3)16(4,5)7-6-9(11)8-15(12,13)14/h6-7,9,11H,8H2,1-5H3,(H,12,13,14)/b7-6+. The summed E-state index contributed by atoms with van der Waals surface area (Å²) in [5, 5.41) is 9.55. The zero-order valence-corrected chi connectivity index (χ0v) is 12.4. The van der Waals surface area contributed by atoms with Crippen LogP contribution in [-0.2, 0) is 10.1 Å². The van der Waals surface area contributed by atoms with E-state index >= 15 is 0 Å². The van der Waals surface area contributed by atoms with Crippen molar-refractivity contribution in [2.45, 2.75) is 45.0 Å². The maximum Gasteiger partial charge on any atom is 0.267 e. The predicted molar refractivity (Wildman–Crippen MR) is 68.8 cm³/mol. The molecule has 16 heavy (non-hydrogen) atoms. The molecule has 0 aromatic heterocycles. The molecule has 0 saturated heterocycles. The molecule has 6 heteroatoms. The third-order valence-electron chi connectivity index (χ3n) is 3.05. The van der Waals surface area contributed by atoms with Gasteiger partial charge in [-0.2, -0.15) is 8.42 Å². The van der Waals surface area contributed by atoms with Gasteiger partial charge in [0.05, 0.1) is 14.2 Å². The molecule has 0 rings (SSSR count). The molecular formula is C10H22O4SSi. The Balaban J connectivity index is 4.62. The van der Waals surface area contributed by atoms with Crippen LogP contribution in [0.25, 0.3) is 0 Å². The van der Waals surface area contributed by atoms with Crippen LogP contribution in [0.2, 0.25) is 18.1 Å². The van der Waals surface area contributed by atoms with Gasteiger partial charge in [-0.15, -0.1) is 0 Å². The molecule has 2 N–H and O–H groups in total. The average molecular weight is 266 g/mol. The Hall–Kier alpha value is -0.173. The van der Waals surface area contributed by atoms with E-state index in [1.165, 1.54) is 6.08 Å². The summed E-state index contributed by atoms with van der Waals surface area (Å²) in [6.45, 7) is 10.7. The number of hydrogen-bond acceptors (Lipinski definition) is 3. The molecule has 0 aliphatic carbocycles. The third kappa shape index (κ3) is 5.79. The Kier molecular flexibility index (Phi) is 4.94. The summed E-state index contributed by atoms with van der Waals surface area (Å²) in [6, 6.07) is 0. The molecule has 96 valence electrons. The first-order chi connectivity index (χ1) is 6.85. The van der Waals surface area contributed by atoms with Gasteiger partial charge in [-0.1, -0.05) is 45.6 Å². The minimum Gasteiger partial charge on any atom is -0.388 e. The van der Waals surface area contributed by atoms with Crippen molar-refractivity contribution in [3.8, 4) is 0 Å². The van der Waals surface area contributed by atoms with Crippen molar-refractivity contribution in [2.75, 3.05) is 5.75 Å². The minimum absolute atomic E-state index is 0.140. The maximum absolute atomic E-state index is 10.5. The van der Waals surface area contributed by atoms with Crippen LogP contribution in [0, 0.1) is 0 Å². The highest BCUT2D eigenvalue weighted by Crippen LogP contribution is 2.36. The Labute approximate surface area is 99.1 Å². The Morgan fingerprint density at radius 1 is 1.31 bits per heavy atom. The van der Waals surface area contributed by atoms with Crippen molar-refractivity contribution in [1.29, 1.82) is 0 Å². The van der Waals surface area contributed by atoms with E-state index in [0.717, 1.165) is 0 Å². The van der Waals surface area contributed by atoms with Crippen LogP contribution in [0.15, 0.2) is 11.8 Å². The van der Waals surface area contributed by atoms with E-state index in [0.29, 0.717) is 0 Å². The van der Waals surface area contributed by atoms with Crippen LogP contribution in [0.4, 0.5) is 0 Å². The molecule has 4 nitrogen and oxygen atoms in total. The average Bonchev–Trinajstić information content (AvgIpc) is 1.95. The lowest BCUT2D eigenvalue weighted by Gasteiger charge is -2.34. The normalized spacial score (nSPS) is 16.7. The summed E-state index contributed by atoms with van der Waals surface area (Å²) in [7, 11) is -5.77. The molecule has 0 aromatic carbocycles. The van der Waals surface area contributed by atoms with Crippen molar-refractivity contribution >= 4 is 18.2 Å². The van der Waals surface area contributed by atoms with Gasteiger partial charge in [0, 0.05) is 0 Å². The highest BCUT2D eigenvalue weighted by atomic mass is 32.2. The van der Waals surface area contributed by atoms with Gasteiger partial charge in [0.2, 0.25) is 0 Å². The number of aliphatic hydroxyl groups is 1. The smallest absolute Gasteiger partial charge is 0.267 e. The van der Waals surface area contributed by atoms with Gasteiger partial charge >= 0.3 is 0 Å². The van der Waals surface area contributed by atoms with Crippen molar-refractivity contribution in [3.63, 3.8) is 0 Å². The molecule has 0 heterocycles. The summed E-state index contributed by atoms with van der Waals surface area (Å²) in [5.41, 5.74) is 1.92. The lowest BCUT2D eigenvalue weighted by Crippen LogP contribution is -2.35. The van der Waals surface area contributed by atoms with E-state index < -0.39 is 30.0 Å². The van der Waals surface area contributed by atoms with Gasteiger partial charge in [-0.3, -0.25) is 4.55 Å². The van der Waals surface area contributed by atoms with Crippen molar-refractivity contribution < 1.29 is 18.1 Å². The van der Waals surface area contributed by atoms with Crippen LogP contribution in [-0.4, -0.2) is 38.0 Å². The molecule has 1 atom stereocenters. The van der Waals surface area contributed by atoms with Gasteiger partial charge in [-0.25, -0.2) is 0 Å². The number of rotatable bonds is 4. The van der Waals surface area contributed by atoms with Gasteiger partial charge < -0.3 is 5.11 Å². The summed E-state index contributed by atoms with van der Waals surface area (Å²) >= 11 is 0. The Morgan fingerprint density at radius 3 is 2.06 bits per heavy atom. The Morgan fingerprint density at radius 2 is 1.75 bits per heavy atom. The fourth-order valence-corrected chi connectivity index (χ4v) is 2.62. The Bertz CT molecular complexity index is 352. The first-order valence-electron chi connectivity index (χ1n) is 5.18. The fraction of sp³-hybridized carbons (Fsp3) is 0.800. The van der Waals surface area contributed by atoms with Gasteiger partial charge in [-0.05, 0) is 5.04 Å². The SMILES string of the molecule is CC(C)(C)[Si](C)(C)/C=C/C(O)CS(=O)(=O)O. The van der Waals surface area contributed by atoms with E-state index in [4.69, 9.17) is 4.55 Å². The van der Waals surface area contributed by atoms with Gasteiger partial charge in [0.25, 0.3) is 10.1 Å². The second-order valence-corrected chi connectivity index (χ2v) is 12.4. The largest absolute Gasteiger partial charge is 0.388 e. The van der Waals surface area contributed by atoms with E-state index in [2.05, 4.69) is 33.9 Å². The van der Waals surface area contributed by atoms with Crippen molar-refractivity contribution in [1.82, 2.24) is 0 Å². The predicted octanol–water partition coefficient (Wildman–Crippen LogP) is 1.84. The second kappa shape index (κ2) is 4.99. The molecule has 0 fully saturated rings. The molecule has 0 spiro atoms. The lowest BCUT2D eigenvalue weighted by molar-refractivity contribution is 0.243. The highest BCUT2D eigenvalue weighted by Gasteiger charge is 2.32. The van der Waals surface area contributed by atoms with E-state index in [9.17, 15) is 13.5 Å². The van der Waals surface area contributed by atoms with Crippen LogP contribution < -0.4 is 0 Å².